The highest BCUT2D eigenvalue weighted by molar-refractivity contribution is 8.00. The van der Waals surface area contributed by atoms with Gasteiger partial charge >= 0.3 is 0 Å². The maximum atomic E-state index is 12.3. The molecule has 1 aliphatic rings. The van der Waals surface area contributed by atoms with Gasteiger partial charge in [0.2, 0.25) is 11.8 Å². The molecule has 1 atom stereocenters. The lowest BCUT2D eigenvalue weighted by atomic mass is 10.1. The molecular weight excluding hydrogens is 324 g/mol. The van der Waals surface area contributed by atoms with Crippen molar-refractivity contribution in [2.24, 2.45) is 5.92 Å². The van der Waals surface area contributed by atoms with E-state index >= 15 is 0 Å². The molecule has 1 aromatic carbocycles. The lowest BCUT2D eigenvalue weighted by molar-refractivity contribution is -0.128. The fourth-order valence-electron chi connectivity index (χ4n) is 2.60. The number of nitrogens with zero attached hydrogens (tertiary/aromatic N) is 1. The van der Waals surface area contributed by atoms with E-state index in [0.29, 0.717) is 18.2 Å². The van der Waals surface area contributed by atoms with Crippen LogP contribution in [0.25, 0.3) is 0 Å². The number of ether oxygens (including phenoxy) is 1. The fourth-order valence-corrected chi connectivity index (χ4v) is 3.32. The number of benzene rings is 1. The average Bonchev–Trinajstić information content (AvgIpc) is 3.07. The van der Waals surface area contributed by atoms with Crippen LogP contribution in [-0.2, 0) is 14.3 Å². The third kappa shape index (κ3) is 6.17. The number of hydrogen-bond acceptors (Lipinski definition) is 4. The Morgan fingerprint density at radius 3 is 2.67 bits per heavy atom. The fraction of sp³-hybridized carbons (Fsp3) is 0.556. The van der Waals surface area contributed by atoms with Gasteiger partial charge in [0, 0.05) is 31.3 Å². The Morgan fingerprint density at radius 1 is 1.29 bits per heavy atom. The maximum absolute atomic E-state index is 12.3. The first-order chi connectivity index (χ1) is 11.6. The minimum Gasteiger partial charge on any atom is -0.381 e. The zero-order valence-corrected chi connectivity index (χ0v) is 15.2. The minimum atomic E-state index is -0.0797. The molecule has 1 fully saturated rings. The highest BCUT2D eigenvalue weighted by Crippen LogP contribution is 2.15. The number of carbonyl (C=O) groups excluding carboxylic acids is 2. The summed E-state index contributed by atoms with van der Waals surface area (Å²) in [6.45, 7) is 6.99. The van der Waals surface area contributed by atoms with Gasteiger partial charge in [0.15, 0.2) is 0 Å². The molecule has 0 aliphatic carbocycles. The Hall–Kier alpha value is -1.53. The molecule has 1 saturated heterocycles. The molecule has 24 heavy (non-hydrogen) atoms. The number of carbonyl (C=O) groups is 2. The van der Waals surface area contributed by atoms with Crippen molar-refractivity contribution in [3.8, 4) is 0 Å². The third-order valence-electron chi connectivity index (χ3n) is 4.03. The smallest absolute Gasteiger partial charge is 0.234 e. The molecule has 2 rings (SSSR count). The molecule has 0 saturated carbocycles. The second-order valence-corrected chi connectivity index (χ2v) is 7.05. The molecule has 1 aromatic rings. The van der Waals surface area contributed by atoms with Gasteiger partial charge in [-0.05, 0) is 32.4 Å². The maximum Gasteiger partial charge on any atom is 0.234 e. The topological polar surface area (TPSA) is 58.6 Å². The molecule has 5 nitrogen and oxygen atoms in total. The number of anilines is 1. The van der Waals surface area contributed by atoms with E-state index in [1.54, 1.807) is 0 Å². The van der Waals surface area contributed by atoms with Gasteiger partial charge in [0.1, 0.15) is 0 Å². The summed E-state index contributed by atoms with van der Waals surface area (Å²) in [5, 5.41) is 2.84. The van der Waals surface area contributed by atoms with E-state index in [4.69, 9.17) is 4.74 Å². The van der Waals surface area contributed by atoms with Crippen LogP contribution in [0.4, 0.5) is 5.69 Å². The Bertz CT molecular complexity index is 542. The third-order valence-corrected chi connectivity index (χ3v) is 4.95. The molecule has 0 spiro atoms. The number of hydrogen-bond donors (Lipinski definition) is 1. The van der Waals surface area contributed by atoms with Crippen molar-refractivity contribution < 1.29 is 14.3 Å². The zero-order chi connectivity index (χ0) is 17.4. The highest BCUT2D eigenvalue weighted by Gasteiger charge is 2.21. The van der Waals surface area contributed by atoms with Gasteiger partial charge in [-0.25, -0.2) is 0 Å². The molecule has 132 valence electrons. The van der Waals surface area contributed by atoms with E-state index in [-0.39, 0.29) is 17.6 Å². The summed E-state index contributed by atoms with van der Waals surface area (Å²) in [4.78, 5) is 26.1. The summed E-state index contributed by atoms with van der Waals surface area (Å²) >= 11 is 1.36. The lowest BCUT2D eigenvalue weighted by Gasteiger charge is -2.23. The molecule has 0 unspecified atom stereocenters. The van der Waals surface area contributed by atoms with Crippen LogP contribution in [0.5, 0.6) is 0 Å². The Kier molecular flexibility index (Phi) is 7.59. The SMILES string of the molecule is CCN(C[C@@H]1CCOC1)C(=O)CSCC(=O)Nc1ccc(C)cc1. The van der Waals surface area contributed by atoms with Crippen molar-refractivity contribution in [3.05, 3.63) is 29.8 Å². The van der Waals surface area contributed by atoms with Crippen molar-refractivity contribution in [3.63, 3.8) is 0 Å². The first-order valence-electron chi connectivity index (χ1n) is 8.38. The van der Waals surface area contributed by atoms with Gasteiger partial charge in [-0.15, -0.1) is 11.8 Å². The van der Waals surface area contributed by atoms with Crippen LogP contribution in [0.15, 0.2) is 24.3 Å². The minimum absolute atomic E-state index is 0.0797. The van der Waals surface area contributed by atoms with Crippen LogP contribution >= 0.6 is 11.8 Å². The van der Waals surface area contributed by atoms with Crippen molar-refractivity contribution >= 4 is 29.3 Å². The Labute approximate surface area is 148 Å². The molecular formula is C18H26N2O3S. The molecule has 1 heterocycles. The van der Waals surface area contributed by atoms with E-state index < -0.39 is 0 Å². The largest absolute Gasteiger partial charge is 0.381 e. The van der Waals surface area contributed by atoms with Crippen LogP contribution < -0.4 is 5.32 Å². The van der Waals surface area contributed by atoms with Crippen molar-refractivity contribution in [1.82, 2.24) is 4.90 Å². The number of nitrogens with one attached hydrogen (secondary N) is 1. The van der Waals surface area contributed by atoms with Crippen LogP contribution in [0.2, 0.25) is 0 Å². The summed E-state index contributed by atoms with van der Waals surface area (Å²) in [5.41, 5.74) is 1.94. The monoisotopic (exact) mass is 350 g/mol. The number of aryl methyl sites for hydroxylation is 1. The van der Waals surface area contributed by atoms with Crippen LogP contribution in [0.3, 0.4) is 0 Å². The Morgan fingerprint density at radius 2 is 2.04 bits per heavy atom. The van der Waals surface area contributed by atoms with Crippen molar-refractivity contribution in [2.45, 2.75) is 20.3 Å². The quantitative estimate of drug-likeness (QED) is 0.783. The number of amides is 2. The van der Waals surface area contributed by atoms with E-state index in [9.17, 15) is 9.59 Å². The number of thioether (sulfide) groups is 1. The van der Waals surface area contributed by atoms with Gasteiger partial charge < -0.3 is 15.0 Å². The first kappa shape index (κ1) is 18.8. The van der Waals surface area contributed by atoms with Gasteiger partial charge in [0.25, 0.3) is 0 Å². The molecule has 1 N–H and O–H groups in total. The Balaban J connectivity index is 1.68. The second kappa shape index (κ2) is 9.69. The zero-order valence-electron chi connectivity index (χ0n) is 14.4. The first-order valence-corrected chi connectivity index (χ1v) is 9.53. The predicted octanol–water partition coefficient (Wildman–Crippen LogP) is 2.55. The molecule has 6 heteroatoms. The van der Waals surface area contributed by atoms with Gasteiger partial charge in [0.05, 0.1) is 18.1 Å². The molecule has 0 radical (unpaired) electrons. The van der Waals surface area contributed by atoms with Crippen LogP contribution in [0, 0.1) is 12.8 Å². The van der Waals surface area contributed by atoms with E-state index in [0.717, 1.165) is 37.4 Å². The van der Waals surface area contributed by atoms with Gasteiger partial charge in [-0.1, -0.05) is 17.7 Å². The van der Waals surface area contributed by atoms with Gasteiger partial charge in [-0.3, -0.25) is 9.59 Å². The van der Waals surface area contributed by atoms with Crippen LogP contribution in [-0.4, -0.2) is 54.5 Å². The summed E-state index contributed by atoms with van der Waals surface area (Å²) in [5.74, 6) is 1.08. The predicted molar refractivity (Wildman–Crippen MR) is 98.3 cm³/mol. The van der Waals surface area contributed by atoms with Crippen molar-refractivity contribution in [2.75, 3.05) is 43.1 Å². The molecule has 0 aromatic heterocycles. The van der Waals surface area contributed by atoms with Crippen LogP contribution in [0.1, 0.15) is 18.9 Å². The highest BCUT2D eigenvalue weighted by atomic mass is 32.2. The van der Waals surface area contributed by atoms with Gasteiger partial charge in [-0.2, -0.15) is 0 Å². The normalized spacial score (nSPS) is 16.8. The molecule has 1 aliphatic heterocycles. The van der Waals surface area contributed by atoms with Crippen molar-refractivity contribution in [1.29, 1.82) is 0 Å². The van der Waals surface area contributed by atoms with E-state index in [1.807, 2.05) is 43.0 Å². The second-order valence-electron chi connectivity index (χ2n) is 6.07. The summed E-state index contributed by atoms with van der Waals surface area (Å²) in [6, 6.07) is 7.67. The molecule has 0 bridgehead atoms. The van der Waals surface area contributed by atoms with E-state index in [1.165, 1.54) is 11.8 Å². The molecule has 2 amide bonds. The number of rotatable bonds is 8. The average molecular weight is 350 g/mol. The summed E-state index contributed by atoms with van der Waals surface area (Å²) in [7, 11) is 0. The standard InChI is InChI=1S/C18H26N2O3S/c1-3-20(10-15-8-9-23-11-15)18(22)13-24-12-17(21)19-16-6-4-14(2)5-7-16/h4-7,15H,3,8-13H2,1-2H3,(H,19,21)/t15-/m0/s1. The van der Waals surface area contributed by atoms with E-state index in [2.05, 4.69) is 5.32 Å². The lowest BCUT2D eigenvalue weighted by Crippen LogP contribution is -2.36. The summed E-state index contributed by atoms with van der Waals surface area (Å²) in [6.07, 6.45) is 1.02. The summed E-state index contributed by atoms with van der Waals surface area (Å²) < 4.78 is 5.36.